The highest BCUT2D eigenvalue weighted by Crippen LogP contribution is 2.55. The van der Waals surface area contributed by atoms with Crippen molar-refractivity contribution in [3.63, 3.8) is 0 Å². The number of rotatable bonds is 6. The Kier molecular flexibility index (Phi) is 5.41. The Hall–Kier alpha value is -3.22. The molecule has 0 radical (unpaired) electrons. The molecule has 5 rings (SSSR count). The molecule has 1 N–H and O–H groups in total. The minimum absolute atomic E-state index is 0.223. The van der Waals surface area contributed by atoms with E-state index in [-0.39, 0.29) is 11.8 Å². The van der Waals surface area contributed by atoms with E-state index in [1.807, 2.05) is 56.3 Å². The number of hydrogen-bond acceptors (Lipinski definition) is 6. The van der Waals surface area contributed by atoms with Crippen molar-refractivity contribution in [1.82, 2.24) is 20.4 Å². The molecule has 166 valence electrons. The number of nitrogens with zero attached hydrogens (tertiary/aromatic N) is 4. The summed E-state index contributed by atoms with van der Waals surface area (Å²) in [6, 6.07) is 10.0. The summed E-state index contributed by atoms with van der Waals surface area (Å²) in [4.78, 5) is 23.7. The second kappa shape index (κ2) is 8.37. The first-order valence-electron chi connectivity index (χ1n) is 11.4. The van der Waals surface area contributed by atoms with E-state index in [4.69, 9.17) is 9.51 Å². The molecule has 1 aromatic carbocycles. The van der Waals surface area contributed by atoms with Crippen LogP contribution in [-0.4, -0.2) is 35.1 Å². The molecule has 2 heterocycles. The molecule has 0 unspecified atom stereocenters. The number of aromatic nitrogens is 3. The SMILES string of the molecule is Cc1cc(-c2cnc(N(C)C)nc2-c2ccc(CNC(=O)C3[C@@H]4CCCC[C@@H]34)cc2)on1. The van der Waals surface area contributed by atoms with Crippen LogP contribution >= 0.6 is 0 Å². The van der Waals surface area contributed by atoms with Gasteiger partial charge in [-0.25, -0.2) is 9.97 Å². The van der Waals surface area contributed by atoms with Crippen LogP contribution in [0.25, 0.3) is 22.6 Å². The van der Waals surface area contributed by atoms with Gasteiger partial charge in [0.1, 0.15) is 0 Å². The fraction of sp³-hybridized carbons (Fsp3) is 0.440. The first kappa shape index (κ1) is 20.7. The first-order valence-corrected chi connectivity index (χ1v) is 11.4. The van der Waals surface area contributed by atoms with Gasteiger partial charge >= 0.3 is 0 Å². The van der Waals surface area contributed by atoms with Gasteiger partial charge in [-0.3, -0.25) is 4.79 Å². The molecule has 7 nitrogen and oxygen atoms in total. The van der Waals surface area contributed by atoms with Gasteiger partial charge in [-0.05, 0) is 37.2 Å². The lowest BCUT2D eigenvalue weighted by Gasteiger charge is -2.14. The Morgan fingerprint density at radius 3 is 2.50 bits per heavy atom. The Labute approximate surface area is 188 Å². The lowest BCUT2D eigenvalue weighted by Crippen LogP contribution is -2.25. The molecule has 2 aliphatic carbocycles. The maximum atomic E-state index is 12.6. The molecular weight excluding hydrogens is 402 g/mol. The topological polar surface area (TPSA) is 84.2 Å². The van der Waals surface area contributed by atoms with Gasteiger partial charge in [-0.15, -0.1) is 0 Å². The number of carbonyl (C=O) groups excluding carboxylic acids is 1. The van der Waals surface area contributed by atoms with E-state index in [2.05, 4.69) is 15.5 Å². The van der Waals surface area contributed by atoms with E-state index < -0.39 is 0 Å². The lowest BCUT2D eigenvalue weighted by atomic mass is 10.0. The average molecular weight is 432 g/mol. The fourth-order valence-electron chi connectivity index (χ4n) is 4.95. The van der Waals surface area contributed by atoms with E-state index >= 15 is 0 Å². The van der Waals surface area contributed by atoms with Crippen molar-refractivity contribution < 1.29 is 9.32 Å². The Balaban J connectivity index is 1.33. The number of carbonyl (C=O) groups is 1. The molecule has 7 heteroatoms. The predicted octanol–water partition coefficient (Wildman–Crippen LogP) is 4.23. The van der Waals surface area contributed by atoms with Crippen LogP contribution in [0.15, 0.2) is 41.1 Å². The van der Waals surface area contributed by atoms with Gasteiger partial charge in [0, 0.05) is 44.4 Å². The molecule has 2 aliphatic rings. The summed E-state index contributed by atoms with van der Waals surface area (Å²) in [6.45, 7) is 2.44. The molecular formula is C25H29N5O2. The van der Waals surface area contributed by atoms with Gasteiger partial charge in [-0.2, -0.15) is 0 Å². The predicted molar refractivity (Wildman–Crippen MR) is 123 cm³/mol. The average Bonchev–Trinajstić information content (AvgIpc) is 3.39. The third-order valence-corrected chi connectivity index (χ3v) is 6.72. The van der Waals surface area contributed by atoms with Gasteiger partial charge in [0.2, 0.25) is 11.9 Å². The second-order valence-corrected chi connectivity index (χ2v) is 9.21. The van der Waals surface area contributed by atoms with Gasteiger partial charge in [-0.1, -0.05) is 42.3 Å². The molecule has 0 bridgehead atoms. The zero-order valence-electron chi connectivity index (χ0n) is 18.8. The summed E-state index contributed by atoms with van der Waals surface area (Å²) in [5.74, 6) is 3.00. The summed E-state index contributed by atoms with van der Waals surface area (Å²) in [5, 5.41) is 7.15. The van der Waals surface area contributed by atoms with Crippen molar-refractivity contribution in [3.8, 4) is 22.6 Å². The summed E-state index contributed by atoms with van der Waals surface area (Å²) >= 11 is 0. The standard InChI is InChI=1S/C25H29N5O2/c1-15-12-21(32-29-15)20-14-27-25(30(2)3)28-23(20)17-10-8-16(9-11-17)13-26-24(31)22-18-6-4-5-7-19(18)22/h8-12,14,18-19,22H,4-7,13H2,1-3H3,(H,26,31)/t18-,19-/m1/s1. The van der Waals surface area contributed by atoms with Crippen LogP contribution in [0, 0.1) is 24.7 Å². The summed E-state index contributed by atoms with van der Waals surface area (Å²) in [6.07, 6.45) is 6.78. The van der Waals surface area contributed by atoms with Crippen molar-refractivity contribution in [2.75, 3.05) is 19.0 Å². The zero-order valence-corrected chi connectivity index (χ0v) is 18.8. The molecule has 2 fully saturated rings. The third kappa shape index (κ3) is 3.99. The summed E-state index contributed by atoms with van der Waals surface area (Å²) < 4.78 is 5.48. The molecule has 0 saturated heterocycles. The Bertz CT molecular complexity index is 1110. The van der Waals surface area contributed by atoms with Crippen LogP contribution in [0.2, 0.25) is 0 Å². The maximum absolute atomic E-state index is 12.6. The van der Waals surface area contributed by atoms with Gasteiger partial charge in [0.25, 0.3) is 0 Å². The molecule has 0 aliphatic heterocycles. The molecule has 1 amide bonds. The minimum atomic E-state index is 0.223. The number of benzene rings is 1. The molecule has 0 spiro atoms. The smallest absolute Gasteiger partial charge is 0.225 e. The number of amides is 1. The molecule has 2 aromatic heterocycles. The number of hydrogen-bond donors (Lipinski definition) is 1. The van der Waals surface area contributed by atoms with Crippen LogP contribution in [0.4, 0.5) is 5.95 Å². The van der Waals surface area contributed by atoms with Crippen LogP contribution in [0.1, 0.15) is 36.9 Å². The molecule has 2 saturated carbocycles. The first-order chi connectivity index (χ1) is 15.5. The van der Waals surface area contributed by atoms with Crippen molar-refractivity contribution in [3.05, 3.63) is 47.8 Å². The van der Waals surface area contributed by atoms with Crippen molar-refractivity contribution >= 4 is 11.9 Å². The van der Waals surface area contributed by atoms with Crippen molar-refractivity contribution in [2.24, 2.45) is 17.8 Å². The van der Waals surface area contributed by atoms with Crippen molar-refractivity contribution in [1.29, 1.82) is 0 Å². The van der Waals surface area contributed by atoms with E-state index in [1.165, 1.54) is 25.7 Å². The number of nitrogens with one attached hydrogen (secondary N) is 1. The maximum Gasteiger partial charge on any atom is 0.225 e. The summed E-state index contributed by atoms with van der Waals surface area (Å²) in [7, 11) is 3.83. The highest BCUT2D eigenvalue weighted by atomic mass is 16.5. The zero-order chi connectivity index (χ0) is 22.2. The van der Waals surface area contributed by atoms with E-state index in [1.54, 1.807) is 6.20 Å². The fourth-order valence-corrected chi connectivity index (χ4v) is 4.95. The Morgan fingerprint density at radius 1 is 1.16 bits per heavy atom. The van der Waals surface area contributed by atoms with Crippen LogP contribution in [-0.2, 0) is 11.3 Å². The highest BCUT2D eigenvalue weighted by Gasteiger charge is 2.54. The lowest BCUT2D eigenvalue weighted by molar-refractivity contribution is -0.123. The van der Waals surface area contributed by atoms with Crippen LogP contribution in [0.3, 0.4) is 0 Å². The highest BCUT2D eigenvalue weighted by molar-refractivity contribution is 5.82. The number of anilines is 1. The minimum Gasteiger partial charge on any atom is -0.356 e. The largest absolute Gasteiger partial charge is 0.356 e. The monoisotopic (exact) mass is 431 g/mol. The van der Waals surface area contributed by atoms with Crippen LogP contribution < -0.4 is 10.2 Å². The third-order valence-electron chi connectivity index (χ3n) is 6.72. The molecule has 2 atom stereocenters. The quantitative estimate of drug-likeness (QED) is 0.629. The molecule has 3 aromatic rings. The second-order valence-electron chi connectivity index (χ2n) is 9.21. The molecule has 32 heavy (non-hydrogen) atoms. The van der Waals surface area contributed by atoms with E-state index in [0.717, 1.165) is 28.1 Å². The normalized spacial score (nSPS) is 21.7. The summed E-state index contributed by atoms with van der Waals surface area (Å²) in [5.41, 5.74) is 4.43. The van der Waals surface area contributed by atoms with Crippen LogP contribution in [0.5, 0.6) is 0 Å². The van der Waals surface area contributed by atoms with Crippen molar-refractivity contribution in [2.45, 2.75) is 39.2 Å². The van der Waals surface area contributed by atoms with Gasteiger partial charge in [0.05, 0.1) is 17.0 Å². The van der Waals surface area contributed by atoms with E-state index in [0.29, 0.717) is 30.1 Å². The Morgan fingerprint density at radius 2 is 1.88 bits per heavy atom. The van der Waals surface area contributed by atoms with Gasteiger partial charge < -0.3 is 14.7 Å². The number of aryl methyl sites for hydroxylation is 1. The van der Waals surface area contributed by atoms with Gasteiger partial charge in [0.15, 0.2) is 5.76 Å². The van der Waals surface area contributed by atoms with E-state index in [9.17, 15) is 4.79 Å². The number of fused-ring (bicyclic) bond motifs is 1.